The molecule has 3 rings (SSSR count). The Kier molecular flexibility index (Phi) is 4.81. The van der Waals surface area contributed by atoms with Crippen LogP contribution in [0.2, 0.25) is 0 Å². The highest BCUT2D eigenvalue weighted by Crippen LogP contribution is 2.42. The molecule has 26 heavy (non-hydrogen) atoms. The third-order valence-electron chi connectivity index (χ3n) is 3.61. The molecular formula is C17H16F2N2O5. The van der Waals surface area contributed by atoms with Gasteiger partial charge in [0.2, 0.25) is 0 Å². The number of fused-ring (bicyclic) bond motifs is 1. The van der Waals surface area contributed by atoms with Crippen LogP contribution in [0, 0.1) is 0 Å². The number of ether oxygens (including phenoxy) is 3. The van der Waals surface area contributed by atoms with Gasteiger partial charge in [-0.05, 0) is 18.2 Å². The Morgan fingerprint density at radius 2 is 1.96 bits per heavy atom. The van der Waals surface area contributed by atoms with Gasteiger partial charge in [0, 0.05) is 23.9 Å². The maximum atomic E-state index is 13.0. The second kappa shape index (κ2) is 7.04. The van der Waals surface area contributed by atoms with Crippen molar-refractivity contribution in [2.45, 2.75) is 12.4 Å². The van der Waals surface area contributed by atoms with E-state index in [1.54, 1.807) is 24.3 Å². The molecule has 2 amide bonds. The number of aliphatic hydroxyl groups is 1. The number of anilines is 1. The molecule has 9 heteroatoms. The van der Waals surface area contributed by atoms with Gasteiger partial charge < -0.3 is 30.0 Å². The lowest BCUT2D eigenvalue weighted by atomic mass is 10.1. The molecule has 0 bridgehead atoms. The summed E-state index contributed by atoms with van der Waals surface area (Å²) < 4.78 is 39.7. The number of para-hydroxylation sites is 1. The first-order chi connectivity index (χ1) is 12.4. The van der Waals surface area contributed by atoms with Crippen LogP contribution in [0.25, 0.3) is 0 Å². The number of hydrogen-bond donors (Lipinski definition) is 3. The molecule has 1 aliphatic heterocycles. The highest BCUT2D eigenvalue weighted by molar-refractivity contribution is 5.89. The molecule has 0 aromatic heterocycles. The molecule has 0 saturated carbocycles. The number of urea groups is 1. The second-order valence-electron chi connectivity index (χ2n) is 5.42. The molecule has 1 atom stereocenters. The summed E-state index contributed by atoms with van der Waals surface area (Å²) in [6, 6.07) is 10.1. The van der Waals surface area contributed by atoms with Gasteiger partial charge in [0.25, 0.3) is 0 Å². The summed E-state index contributed by atoms with van der Waals surface area (Å²) in [5.41, 5.74) is 0.759. The molecule has 0 aliphatic carbocycles. The van der Waals surface area contributed by atoms with Gasteiger partial charge in [-0.2, -0.15) is 0 Å². The number of nitrogens with one attached hydrogen (secondary N) is 2. The number of carbonyl (C=O) groups excluding carboxylic acids is 1. The third-order valence-corrected chi connectivity index (χ3v) is 3.61. The van der Waals surface area contributed by atoms with E-state index in [9.17, 15) is 18.7 Å². The van der Waals surface area contributed by atoms with E-state index in [1.807, 2.05) is 0 Å². The molecule has 1 heterocycles. The van der Waals surface area contributed by atoms with Crippen molar-refractivity contribution >= 4 is 11.7 Å². The van der Waals surface area contributed by atoms with Crippen molar-refractivity contribution in [3.63, 3.8) is 0 Å². The van der Waals surface area contributed by atoms with Gasteiger partial charge in [-0.1, -0.05) is 18.2 Å². The van der Waals surface area contributed by atoms with E-state index in [1.165, 1.54) is 25.3 Å². The minimum Gasteiger partial charge on any atom is -0.496 e. The molecule has 0 saturated heterocycles. The average Bonchev–Trinajstić information content (AvgIpc) is 2.92. The van der Waals surface area contributed by atoms with E-state index in [2.05, 4.69) is 20.1 Å². The van der Waals surface area contributed by atoms with Gasteiger partial charge in [-0.3, -0.25) is 0 Å². The standard InChI is InChI=1S/C17H16F2N2O5/c1-24-13-5-3-2-4-11(13)12(22)9-20-16(23)21-10-6-7-14-15(8-10)26-17(18,19)25-14/h2-8,12,22H,9H2,1H3,(H2,20,21,23)/t12-/m0/s1. The van der Waals surface area contributed by atoms with Gasteiger partial charge in [-0.15, -0.1) is 8.78 Å². The third kappa shape index (κ3) is 3.94. The zero-order chi connectivity index (χ0) is 18.7. The fourth-order valence-corrected chi connectivity index (χ4v) is 2.44. The Bertz CT molecular complexity index is 815. The largest absolute Gasteiger partial charge is 0.586 e. The summed E-state index contributed by atoms with van der Waals surface area (Å²) in [6.45, 7) is -0.0746. The van der Waals surface area contributed by atoms with E-state index in [0.717, 1.165) is 0 Å². The maximum Gasteiger partial charge on any atom is 0.586 e. The molecule has 0 radical (unpaired) electrons. The van der Waals surface area contributed by atoms with E-state index in [0.29, 0.717) is 11.3 Å². The molecule has 2 aromatic rings. The second-order valence-corrected chi connectivity index (χ2v) is 5.42. The summed E-state index contributed by atoms with van der Waals surface area (Å²) in [5.74, 6) is 0.202. The molecule has 3 N–H and O–H groups in total. The average molecular weight is 366 g/mol. The van der Waals surface area contributed by atoms with Gasteiger partial charge in [0.15, 0.2) is 11.5 Å². The number of hydrogen-bond acceptors (Lipinski definition) is 5. The van der Waals surface area contributed by atoms with Gasteiger partial charge >= 0.3 is 12.3 Å². The van der Waals surface area contributed by atoms with Crippen LogP contribution in [-0.2, 0) is 0 Å². The zero-order valence-corrected chi connectivity index (χ0v) is 13.7. The molecule has 0 fully saturated rings. The number of benzene rings is 2. The van der Waals surface area contributed by atoms with Crippen LogP contribution in [0.15, 0.2) is 42.5 Å². The van der Waals surface area contributed by atoms with Crippen LogP contribution in [0.1, 0.15) is 11.7 Å². The fourth-order valence-electron chi connectivity index (χ4n) is 2.44. The molecular weight excluding hydrogens is 350 g/mol. The number of alkyl halides is 2. The Morgan fingerprint density at radius 3 is 2.73 bits per heavy atom. The molecule has 1 aliphatic rings. The first-order valence-electron chi connectivity index (χ1n) is 7.64. The van der Waals surface area contributed by atoms with Crippen LogP contribution < -0.4 is 24.8 Å². The monoisotopic (exact) mass is 366 g/mol. The van der Waals surface area contributed by atoms with Crippen molar-refractivity contribution in [1.29, 1.82) is 0 Å². The number of halogens is 2. The lowest BCUT2D eigenvalue weighted by Gasteiger charge is -2.15. The highest BCUT2D eigenvalue weighted by atomic mass is 19.3. The van der Waals surface area contributed by atoms with Crippen molar-refractivity contribution < 1.29 is 32.9 Å². The summed E-state index contributed by atoms with van der Waals surface area (Å²) in [4.78, 5) is 11.9. The van der Waals surface area contributed by atoms with E-state index >= 15 is 0 Å². The SMILES string of the molecule is COc1ccccc1[C@@H](O)CNC(=O)Nc1ccc2c(c1)OC(F)(F)O2. The lowest BCUT2D eigenvalue weighted by Crippen LogP contribution is -2.32. The molecule has 7 nitrogen and oxygen atoms in total. The Balaban J connectivity index is 1.57. The topological polar surface area (TPSA) is 89.1 Å². The fraction of sp³-hybridized carbons (Fsp3) is 0.235. The van der Waals surface area contributed by atoms with Crippen LogP contribution >= 0.6 is 0 Å². The lowest BCUT2D eigenvalue weighted by molar-refractivity contribution is -0.286. The zero-order valence-electron chi connectivity index (χ0n) is 13.7. The number of rotatable bonds is 5. The van der Waals surface area contributed by atoms with Crippen molar-refractivity contribution in [3.8, 4) is 17.2 Å². The first kappa shape index (κ1) is 17.7. The summed E-state index contributed by atoms with van der Waals surface area (Å²) >= 11 is 0. The quantitative estimate of drug-likeness (QED) is 0.757. The number of carbonyl (C=O) groups is 1. The molecule has 138 valence electrons. The number of aliphatic hydroxyl groups excluding tert-OH is 1. The minimum absolute atomic E-state index is 0.0746. The van der Waals surface area contributed by atoms with Crippen LogP contribution in [0.5, 0.6) is 17.2 Å². The van der Waals surface area contributed by atoms with Crippen LogP contribution in [0.4, 0.5) is 19.3 Å². The summed E-state index contributed by atoms with van der Waals surface area (Å²) in [7, 11) is 1.48. The van der Waals surface area contributed by atoms with Gasteiger partial charge in [0.1, 0.15) is 5.75 Å². The summed E-state index contributed by atoms with van der Waals surface area (Å²) in [5, 5.41) is 15.1. The normalized spacial score (nSPS) is 15.2. The van der Waals surface area contributed by atoms with Crippen molar-refractivity contribution in [2.24, 2.45) is 0 Å². The highest BCUT2D eigenvalue weighted by Gasteiger charge is 2.43. The number of methoxy groups -OCH3 is 1. The van der Waals surface area contributed by atoms with Crippen molar-refractivity contribution in [3.05, 3.63) is 48.0 Å². The summed E-state index contributed by atoms with van der Waals surface area (Å²) in [6.07, 6.45) is -4.70. The smallest absolute Gasteiger partial charge is 0.496 e. The molecule has 2 aromatic carbocycles. The predicted molar refractivity (Wildman–Crippen MR) is 87.6 cm³/mol. The van der Waals surface area contributed by atoms with E-state index < -0.39 is 18.4 Å². The van der Waals surface area contributed by atoms with E-state index in [-0.39, 0.29) is 23.7 Å². The predicted octanol–water partition coefficient (Wildman–Crippen LogP) is 2.87. The van der Waals surface area contributed by atoms with Crippen LogP contribution in [-0.4, -0.2) is 31.1 Å². The number of amides is 2. The van der Waals surface area contributed by atoms with E-state index in [4.69, 9.17) is 4.74 Å². The minimum atomic E-state index is -3.72. The Labute approximate surface area is 147 Å². The van der Waals surface area contributed by atoms with Gasteiger partial charge in [-0.25, -0.2) is 4.79 Å². The van der Waals surface area contributed by atoms with Gasteiger partial charge in [0.05, 0.1) is 13.2 Å². The van der Waals surface area contributed by atoms with Crippen LogP contribution in [0.3, 0.4) is 0 Å². The Hall–Kier alpha value is -3.07. The van der Waals surface area contributed by atoms with Crippen molar-refractivity contribution in [2.75, 3.05) is 19.0 Å². The first-order valence-corrected chi connectivity index (χ1v) is 7.64. The van der Waals surface area contributed by atoms with Crippen molar-refractivity contribution in [1.82, 2.24) is 5.32 Å². The Morgan fingerprint density at radius 1 is 1.23 bits per heavy atom. The maximum absolute atomic E-state index is 13.0. The molecule has 0 spiro atoms. The molecule has 0 unspecified atom stereocenters.